The second kappa shape index (κ2) is 2.95. The number of rotatable bonds is 1. The molecule has 0 unspecified atom stereocenters. The van der Waals surface area contributed by atoms with E-state index in [1.54, 1.807) is 6.20 Å². The van der Waals surface area contributed by atoms with Crippen molar-refractivity contribution in [2.45, 2.75) is 5.33 Å². The van der Waals surface area contributed by atoms with Crippen LogP contribution in [0, 0.1) is 11.3 Å². The molecule has 0 spiro atoms. The van der Waals surface area contributed by atoms with Crippen molar-refractivity contribution in [3.63, 3.8) is 0 Å². The Balaban J connectivity index is 2.90. The number of alkyl halides is 1. The van der Waals surface area contributed by atoms with E-state index in [9.17, 15) is 0 Å². The molecule has 0 fully saturated rings. The van der Waals surface area contributed by atoms with Crippen LogP contribution in [0.25, 0.3) is 0 Å². The molecule has 1 aromatic heterocycles. The molecule has 1 aromatic rings. The summed E-state index contributed by atoms with van der Waals surface area (Å²) in [5, 5.41) is 9.65. The zero-order valence-corrected chi connectivity index (χ0v) is 6.87. The van der Waals surface area contributed by atoms with Gasteiger partial charge in [-0.15, -0.1) is 11.3 Å². The van der Waals surface area contributed by atoms with Crippen LogP contribution in [-0.4, -0.2) is 4.98 Å². The predicted molar refractivity (Wildman–Crippen MR) is 39.5 cm³/mol. The van der Waals surface area contributed by atoms with Crippen LogP contribution in [0.1, 0.15) is 9.88 Å². The molecule has 0 radical (unpaired) electrons. The first kappa shape index (κ1) is 6.72. The molecule has 0 amide bonds. The van der Waals surface area contributed by atoms with Crippen LogP contribution >= 0.6 is 27.3 Å². The Hall–Kier alpha value is -0.400. The molecule has 0 aromatic carbocycles. The lowest BCUT2D eigenvalue weighted by Crippen LogP contribution is -1.62. The highest BCUT2D eigenvalue weighted by molar-refractivity contribution is 9.08. The normalized spacial score (nSPS) is 8.89. The van der Waals surface area contributed by atoms with Crippen molar-refractivity contribution >= 4 is 27.3 Å². The van der Waals surface area contributed by atoms with Gasteiger partial charge in [-0.05, 0) is 0 Å². The van der Waals surface area contributed by atoms with Crippen LogP contribution in [0.15, 0.2) is 6.20 Å². The largest absolute Gasteiger partial charge is 0.234 e. The number of nitrogens with zero attached hydrogens (tertiary/aromatic N) is 2. The van der Waals surface area contributed by atoms with Gasteiger partial charge >= 0.3 is 0 Å². The monoisotopic (exact) mass is 202 g/mol. The standard InChI is InChI=1S/C5H3BrN2S/c6-1-4-3-8-5(2-7)9-4/h3H,1H2. The van der Waals surface area contributed by atoms with Crippen LogP contribution < -0.4 is 0 Å². The van der Waals surface area contributed by atoms with Gasteiger partial charge in [-0.25, -0.2) is 4.98 Å². The summed E-state index contributed by atoms with van der Waals surface area (Å²) in [6.45, 7) is 0. The van der Waals surface area contributed by atoms with Crippen molar-refractivity contribution < 1.29 is 0 Å². The molecule has 4 heteroatoms. The zero-order valence-electron chi connectivity index (χ0n) is 4.47. The first-order chi connectivity index (χ1) is 4.36. The van der Waals surface area contributed by atoms with Crippen molar-refractivity contribution in [3.8, 4) is 6.07 Å². The van der Waals surface area contributed by atoms with Gasteiger partial charge < -0.3 is 0 Å². The molecule has 0 aliphatic rings. The van der Waals surface area contributed by atoms with E-state index >= 15 is 0 Å². The van der Waals surface area contributed by atoms with E-state index in [0.717, 1.165) is 10.2 Å². The second-order valence-electron chi connectivity index (χ2n) is 1.38. The molecule has 0 saturated heterocycles. The van der Waals surface area contributed by atoms with Crippen LogP contribution in [0.3, 0.4) is 0 Å². The summed E-state index contributed by atoms with van der Waals surface area (Å²) in [5.41, 5.74) is 0. The van der Waals surface area contributed by atoms with Gasteiger partial charge in [0.2, 0.25) is 0 Å². The fourth-order valence-electron chi connectivity index (χ4n) is 0.421. The third-order valence-corrected chi connectivity index (χ3v) is 2.66. The second-order valence-corrected chi connectivity index (χ2v) is 3.05. The summed E-state index contributed by atoms with van der Waals surface area (Å²) < 4.78 is 0. The highest BCUT2D eigenvalue weighted by Gasteiger charge is 1.96. The zero-order chi connectivity index (χ0) is 6.69. The third-order valence-electron chi connectivity index (χ3n) is 0.781. The number of halogens is 1. The quantitative estimate of drug-likeness (QED) is 0.653. The Bertz CT molecular complexity index is 237. The maximum atomic E-state index is 8.33. The van der Waals surface area contributed by atoms with Crippen LogP contribution in [-0.2, 0) is 5.33 Å². The SMILES string of the molecule is N#Cc1ncc(CBr)s1. The Morgan fingerprint density at radius 2 is 2.67 bits per heavy atom. The number of hydrogen-bond donors (Lipinski definition) is 0. The Kier molecular flexibility index (Phi) is 2.20. The van der Waals surface area contributed by atoms with Crippen LogP contribution in [0.2, 0.25) is 0 Å². The highest BCUT2D eigenvalue weighted by atomic mass is 79.9. The molecule has 0 aliphatic carbocycles. The van der Waals surface area contributed by atoms with Crippen molar-refractivity contribution in [2.75, 3.05) is 0 Å². The molecule has 46 valence electrons. The molecule has 0 bridgehead atoms. The minimum absolute atomic E-state index is 0.532. The summed E-state index contributed by atoms with van der Waals surface area (Å²) in [5.74, 6) is 0. The van der Waals surface area contributed by atoms with Crippen molar-refractivity contribution in [1.29, 1.82) is 5.26 Å². The summed E-state index contributed by atoms with van der Waals surface area (Å²) >= 11 is 4.67. The van der Waals surface area contributed by atoms with E-state index in [0.29, 0.717) is 5.01 Å². The van der Waals surface area contributed by atoms with E-state index in [4.69, 9.17) is 5.26 Å². The fourth-order valence-corrected chi connectivity index (χ4v) is 1.47. The topological polar surface area (TPSA) is 36.7 Å². The Labute approximate surface area is 65.3 Å². The van der Waals surface area contributed by atoms with Gasteiger partial charge in [0.15, 0.2) is 5.01 Å². The minimum atomic E-state index is 0.532. The summed E-state index contributed by atoms with van der Waals surface area (Å²) in [6, 6.07) is 1.97. The maximum Gasteiger partial charge on any atom is 0.194 e. The van der Waals surface area contributed by atoms with Gasteiger partial charge in [0.25, 0.3) is 0 Å². The maximum absolute atomic E-state index is 8.33. The molecule has 0 N–H and O–H groups in total. The first-order valence-electron chi connectivity index (χ1n) is 2.27. The number of aromatic nitrogens is 1. The molecule has 0 atom stereocenters. The van der Waals surface area contributed by atoms with Crippen LogP contribution in [0.4, 0.5) is 0 Å². The Morgan fingerprint density at radius 1 is 1.89 bits per heavy atom. The summed E-state index contributed by atoms with van der Waals surface area (Å²) in [4.78, 5) is 4.92. The van der Waals surface area contributed by atoms with E-state index in [1.165, 1.54) is 11.3 Å². The van der Waals surface area contributed by atoms with E-state index in [-0.39, 0.29) is 0 Å². The molecular formula is C5H3BrN2S. The molecule has 2 nitrogen and oxygen atoms in total. The van der Waals surface area contributed by atoms with Gasteiger partial charge in [-0.3, -0.25) is 0 Å². The number of nitriles is 1. The summed E-state index contributed by atoms with van der Waals surface area (Å²) in [6.07, 6.45) is 1.71. The number of hydrogen-bond acceptors (Lipinski definition) is 3. The van der Waals surface area contributed by atoms with Crippen molar-refractivity contribution in [3.05, 3.63) is 16.1 Å². The average molecular weight is 203 g/mol. The van der Waals surface area contributed by atoms with E-state index < -0.39 is 0 Å². The van der Waals surface area contributed by atoms with E-state index in [2.05, 4.69) is 20.9 Å². The third kappa shape index (κ3) is 1.50. The first-order valence-corrected chi connectivity index (χ1v) is 4.21. The molecule has 9 heavy (non-hydrogen) atoms. The molecule has 1 rings (SSSR count). The molecule has 1 heterocycles. The van der Waals surface area contributed by atoms with Crippen LogP contribution in [0.5, 0.6) is 0 Å². The molecule has 0 saturated carbocycles. The minimum Gasteiger partial charge on any atom is -0.234 e. The van der Waals surface area contributed by atoms with Gasteiger partial charge in [0.1, 0.15) is 6.07 Å². The highest BCUT2D eigenvalue weighted by Crippen LogP contribution is 2.14. The lowest BCUT2D eigenvalue weighted by Gasteiger charge is -1.75. The summed E-state index contributed by atoms with van der Waals surface area (Å²) in [7, 11) is 0. The van der Waals surface area contributed by atoms with Gasteiger partial charge in [-0.2, -0.15) is 5.26 Å². The van der Waals surface area contributed by atoms with Crippen molar-refractivity contribution in [2.24, 2.45) is 0 Å². The van der Waals surface area contributed by atoms with E-state index in [1.807, 2.05) is 6.07 Å². The average Bonchev–Trinajstić information content (AvgIpc) is 2.34. The predicted octanol–water partition coefficient (Wildman–Crippen LogP) is 1.91. The molecular weight excluding hydrogens is 200 g/mol. The van der Waals surface area contributed by atoms with Crippen molar-refractivity contribution in [1.82, 2.24) is 4.98 Å². The fraction of sp³-hybridized carbons (Fsp3) is 0.200. The van der Waals surface area contributed by atoms with Gasteiger partial charge in [0.05, 0.1) is 0 Å². The van der Waals surface area contributed by atoms with Gasteiger partial charge in [-0.1, -0.05) is 15.9 Å². The Morgan fingerprint density at radius 3 is 3.00 bits per heavy atom. The lowest BCUT2D eigenvalue weighted by molar-refractivity contribution is 1.33. The molecule has 0 aliphatic heterocycles. The number of thiazole rings is 1. The van der Waals surface area contributed by atoms with Gasteiger partial charge in [0, 0.05) is 16.4 Å². The smallest absolute Gasteiger partial charge is 0.194 e. The lowest BCUT2D eigenvalue weighted by atomic mass is 10.6.